The Balaban J connectivity index is 2.04. The van der Waals surface area contributed by atoms with Gasteiger partial charge in [0.1, 0.15) is 0 Å². The Labute approximate surface area is 99.3 Å². The molecule has 0 aromatic heterocycles. The molecule has 1 aliphatic carbocycles. The molecule has 16 heavy (non-hydrogen) atoms. The van der Waals surface area contributed by atoms with E-state index < -0.39 is 0 Å². The second-order valence-corrected chi connectivity index (χ2v) is 5.70. The van der Waals surface area contributed by atoms with Crippen molar-refractivity contribution in [2.75, 3.05) is 7.05 Å². The van der Waals surface area contributed by atoms with Gasteiger partial charge in [-0.1, -0.05) is 36.8 Å². The Morgan fingerprint density at radius 2 is 2.25 bits per heavy atom. The van der Waals surface area contributed by atoms with Gasteiger partial charge < -0.3 is 5.32 Å². The van der Waals surface area contributed by atoms with Crippen molar-refractivity contribution >= 4 is 0 Å². The van der Waals surface area contributed by atoms with Gasteiger partial charge in [-0.15, -0.1) is 0 Å². The molecule has 1 aromatic rings. The van der Waals surface area contributed by atoms with Gasteiger partial charge in [-0.3, -0.25) is 0 Å². The highest BCUT2D eigenvalue weighted by atomic mass is 14.9. The lowest BCUT2D eigenvalue weighted by molar-refractivity contribution is 0.324. The zero-order valence-electron chi connectivity index (χ0n) is 10.7. The normalized spacial score (nSPS) is 29.6. The first kappa shape index (κ1) is 11.7. The van der Waals surface area contributed by atoms with E-state index in [1.54, 1.807) is 0 Å². The van der Waals surface area contributed by atoms with Crippen molar-refractivity contribution in [2.24, 2.45) is 5.41 Å². The van der Waals surface area contributed by atoms with Crippen LogP contribution in [0.3, 0.4) is 0 Å². The molecule has 0 amide bonds. The fourth-order valence-electron chi connectivity index (χ4n) is 3.04. The third kappa shape index (κ3) is 2.65. The smallest absolute Gasteiger partial charge is 0.00695 e. The van der Waals surface area contributed by atoms with Crippen LogP contribution in [0.5, 0.6) is 0 Å². The number of benzene rings is 1. The van der Waals surface area contributed by atoms with Crippen LogP contribution in [-0.4, -0.2) is 13.1 Å². The lowest BCUT2D eigenvalue weighted by Gasteiger charge is -2.24. The third-order valence-electron chi connectivity index (χ3n) is 3.96. The zero-order chi connectivity index (χ0) is 11.6. The molecule has 2 atom stereocenters. The van der Waals surface area contributed by atoms with Gasteiger partial charge >= 0.3 is 0 Å². The summed E-state index contributed by atoms with van der Waals surface area (Å²) in [6, 6.07) is 9.69. The van der Waals surface area contributed by atoms with Crippen molar-refractivity contribution in [1.82, 2.24) is 5.32 Å². The van der Waals surface area contributed by atoms with Crippen molar-refractivity contribution < 1.29 is 0 Å². The Kier molecular flexibility index (Phi) is 3.34. The summed E-state index contributed by atoms with van der Waals surface area (Å²) < 4.78 is 0. The van der Waals surface area contributed by atoms with E-state index in [9.17, 15) is 0 Å². The summed E-state index contributed by atoms with van der Waals surface area (Å²) in [7, 11) is 2.09. The lowest BCUT2D eigenvalue weighted by Crippen LogP contribution is -2.24. The Morgan fingerprint density at radius 1 is 1.44 bits per heavy atom. The molecule has 1 heteroatoms. The van der Waals surface area contributed by atoms with E-state index in [2.05, 4.69) is 50.5 Å². The molecule has 2 unspecified atom stereocenters. The first-order valence-electron chi connectivity index (χ1n) is 6.34. The van der Waals surface area contributed by atoms with Crippen LogP contribution in [0.25, 0.3) is 0 Å². The predicted molar refractivity (Wildman–Crippen MR) is 69.7 cm³/mol. The lowest BCUT2D eigenvalue weighted by atomic mass is 9.82. The summed E-state index contributed by atoms with van der Waals surface area (Å²) in [5, 5.41) is 3.42. The molecule has 0 aliphatic heterocycles. The highest BCUT2D eigenvalue weighted by Gasteiger charge is 2.34. The quantitative estimate of drug-likeness (QED) is 0.819. The molecule has 88 valence electrons. The van der Waals surface area contributed by atoms with Gasteiger partial charge in [0, 0.05) is 6.04 Å². The average Bonchev–Trinajstić information content (AvgIpc) is 2.60. The molecule has 1 nitrogen and oxygen atoms in total. The average molecular weight is 217 g/mol. The molecule has 1 aromatic carbocycles. The van der Waals surface area contributed by atoms with Crippen LogP contribution in [0.2, 0.25) is 0 Å². The van der Waals surface area contributed by atoms with E-state index in [1.807, 2.05) is 0 Å². The van der Waals surface area contributed by atoms with Crippen LogP contribution in [-0.2, 0) is 6.42 Å². The van der Waals surface area contributed by atoms with E-state index in [1.165, 1.54) is 36.8 Å². The van der Waals surface area contributed by atoms with Crippen LogP contribution in [0.4, 0.5) is 0 Å². The first-order chi connectivity index (χ1) is 7.61. The molecular weight excluding hydrogens is 194 g/mol. The fourth-order valence-corrected chi connectivity index (χ4v) is 3.04. The van der Waals surface area contributed by atoms with Crippen molar-refractivity contribution in [3.8, 4) is 0 Å². The highest BCUT2D eigenvalue weighted by Crippen LogP contribution is 2.40. The van der Waals surface area contributed by atoms with Gasteiger partial charge in [0.25, 0.3) is 0 Å². The zero-order valence-corrected chi connectivity index (χ0v) is 10.7. The van der Waals surface area contributed by atoms with E-state index >= 15 is 0 Å². The van der Waals surface area contributed by atoms with Crippen LogP contribution in [0.1, 0.15) is 37.3 Å². The predicted octanol–water partition coefficient (Wildman–Crippen LogP) is 3.32. The van der Waals surface area contributed by atoms with Crippen LogP contribution in [0.15, 0.2) is 24.3 Å². The van der Waals surface area contributed by atoms with Gasteiger partial charge in [0.2, 0.25) is 0 Å². The summed E-state index contributed by atoms with van der Waals surface area (Å²) in [6.45, 7) is 4.61. The summed E-state index contributed by atoms with van der Waals surface area (Å²) in [5.74, 6) is 0. The summed E-state index contributed by atoms with van der Waals surface area (Å²) in [4.78, 5) is 0. The standard InChI is InChI=1S/C15H23N/c1-12-5-4-6-13(9-12)10-15(2)8-7-14(11-15)16-3/h4-6,9,14,16H,7-8,10-11H2,1-3H3. The highest BCUT2D eigenvalue weighted by molar-refractivity contribution is 5.23. The number of nitrogens with one attached hydrogen (secondary N) is 1. The Morgan fingerprint density at radius 3 is 2.88 bits per heavy atom. The maximum Gasteiger partial charge on any atom is 0.00695 e. The molecule has 0 saturated heterocycles. The topological polar surface area (TPSA) is 12.0 Å². The molecular formula is C15H23N. The van der Waals surface area contributed by atoms with Crippen LogP contribution >= 0.6 is 0 Å². The van der Waals surface area contributed by atoms with E-state index in [0.29, 0.717) is 5.41 Å². The monoisotopic (exact) mass is 217 g/mol. The first-order valence-corrected chi connectivity index (χ1v) is 6.34. The van der Waals surface area contributed by atoms with Gasteiger partial charge in [-0.2, -0.15) is 0 Å². The van der Waals surface area contributed by atoms with Crippen molar-refractivity contribution in [2.45, 2.75) is 45.6 Å². The van der Waals surface area contributed by atoms with Gasteiger partial charge in [-0.05, 0) is 50.6 Å². The van der Waals surface area contributed by atoms with Crippen molar-refractivity contribution in [1.29, 1.82) is 0 Å². The van der Waals surface area contributed by atoms with Gasteiger partial charge in [-0.25, -0.2) is 0 Å². The van der Waals surface area contributed by atoms with Gasteiger partial charge in [0.05, 0.1) is 0 Å². The molecule has 0 heterocycles. The molecule has 1 N–H and O–H groups in total. The minimum absolute atomic E-state index is 0.501. The molecule has 0 radical (unpaired) electrons. The molecule has 0 bridgehead atoms. The largest absolute Gasteiger partial charge is 0.317 e. The maximum atomic E-state index is 3.42. The Hall–Kier alpha value is -0.820. The number of aryl methyl sites for hydroxylation is 1. The minimum Gasteiger partial charge on any atom is -0.317 e. The molecule has 1 saturated carbocycles. The SMILES string of the molecule is CNC1CCC(C)(Cc2cccc(C)c2)C1. The van der Waals surface area contributed by atoms with Crippen molar-refractivity contribution in [3.63, 3.8) is 0 Å². The summed E-state index contributed by atoms with van der Waals surface area (Å²) in [6.07, 6.45) is 5.23. The second-order valence-electron chi connectivity index (χ2n) is 5.70. The minimum atomic E-state index is 0.501. The van der Waals surface area contributed by atoms with E-state index in [0.717, 1.165) is 6.04 Å². The fraction of sp³-hybridized carbons (Fsp3) is 0.600. The number of rotatable bonds is 3. The maximum absolute atomic E-state index is 3.42. The van der Waals surface area contributed by atoms with E-state index in [4.69, 9.17) is 0 Å². The van der Waals surface area contributed by atoms with Crippen LogP contribution in [0, 0.1) is 12.3 Å². The summed E-state index contributed by atoms with van der Waals surface area (Å²) >= 11 is 0. The molecule has 0 spiro atoms. The van der Waals surface area contributed by atoms with E-state index in [-0.39, 0.29) is 0 Å². The van der Waals surface area contributed by atoms with Crippen molar-refractivity contribution in [3.05, 3.63) is 35.4 Å². The summed E-state index contributed by atoms with van der Waals surface area (Å²) in [5.41, 5.74) is 3.38. The van der Waals surface area contributed by atoms with Gasteiger partial charge in [0.15, 0.2) is 0 Å². The van der Waals surface area contributed by atoms with Crippen LogP contribution < -0.4 is 5.32 Å². The second kappa shape index (κ2) is 4.58. The number of hydrogen-bond acceptors (Lipinski definition) is 1. The number of hydrogen-bond donors (Lipinski definition) is 1. The molecule has 1 fully saturated rings. The Bertz CT molecular complexity index is 358. The molecule has 1 aliphatic rings. The third-order valence-corrected chi connectivity index (χ3v) is 3.96. The molecule has 2 rings (SSSR count).